The quantitative estimate of drug-likeness (QED) is 0.0320. The Labute approximate surface area is 449 Å². The minimum atomic E-state index is -0.676. The van der Waals surface area contributed by atoms with Crippen molar-refractivity contribution in [3.05, 3.63) is 36.5 Å². The SMILES string of the molecule is CCCCCCCC/C=C\CCCCCCCCCCCC(=O)OCCCCC/C=C\C/C=C\CCCCCCCCCC(=O)NC(CO)C(O)CCCCCCCCCCCCCCCCCCCCC. The van der Waals surface area contributed by atoms with Crippen LogP contribution in [0.3, 0.4) is 0 Å². The van der Waals surface area contributed by atoms with E-state index in [4.69, 9.17) is 4.74 Å². The van der Waals surface area contributed by atoms with Gasteiger partial charge in [0.2, 0.25) is 5.91 Å². The van der Waals surface area contributed by atoms with Crippen LogP contribution in [0, 0.1) is 0 Å². The lowest BCUT2D eigenvalue weighted by Crippen LogP contribution is -2.45. The van der Waals surface area contributed by atoms with Crippen LogP contribution in [-0.4, -0.2) is 47.4 Å². The minimum absolute atomic E-state index is 0.0154. The summed E-state index contributed by atoms with van der Waals surface area (Å²) in [6.07, 6.45) is 77.3. The summed E-state index contributed by atoms with van der Waals surface area (Å²) in [6.45, 7) is 4.93. The number of hydrogen-bond acceptors (Lipinski definition) is 5. The molecule has 424 valence electrons. The van der Waals surface area contributed by atoms with Gasteiger partial charge in [0.25, 0.3) is 0 Å². The summed E-state index contributed by atoms with van der Waals surface area (Å²) < 4.78 is 5.47. The molecule has 0 bridgehead atoms. The number of aliphatic hydroxyl groups is 2. The number of carbonyl (C=O) groups excluding carboxylic acids is 2. The van der Waals surface area contributed by atoms with Gasteiger partial charge in [0, 0.05) is 12.8 Å². The first-order valence-corrected chi connectivity index (χ1v) is 32.2. The fourth-order valence-corrected chi connectivity index (χ4v) is 9.96. The maximum Gasteiger partial charge on any atom is 0.305 e. The molecule has 0 aliphatic heterocycles. The molecule has 1 amide bonds. The summed E-state index contributed by atoms with van der Waals surface area (Å²) in [5.74, 6) is -0.0640. The van der Waals surface area contributed by atoms with E-state index in [1.165, 1.54) is 231 Å². The maximum absolute atomic E-state index is 12.5. The lowest BCUT2D eigenvalue weighted by Gasteiger charge is -2.22. The second kappa shape index (κ2) is 61.6. The topological polar surface area (TPSA) is 95.9 Å². The molecule has 0 rings (SSSR count). The van der Waals surface area contributed by atoms with Crippen LogP contribution in [0.15, 0.2) is 36.5 Å². The Morgan fingerprint density at radius 1 is 0.389 bits per heavy atom. The average Bonchev–Trinajstić information content (AvgIpc) is 3.38. The summed E-state index contributed by atoms with van der Waals surface area (Å²) in [4.78, 5) is 24.6. The van der Waals surface area contributed by atoms with E-state index in [0.717, 1.165) is 83.5 Å². The number of ether oxygens (including phenoxy) is 1. The van der Waals surface area contributed by atoms with Gasteiger partial charge >= 0.3 is 5.97 Å². The number of aliphatic hydroxyl groups excluding tert-OH is 2. The molecule has 2 unspecified atom stereocenters. The number of allylic oxidation sites excluding steroid dienone is 6. The van der Waals surface area contributed by atoms with Crippen LogP contribution in [-0.2, 0) is 14.3 Å². The van der Waals surface area contributed by atoms with E-state index in [0.29, 0.717) is 25.9 Å². The van der Waals surface area contributed by atoms with Gasteiger partial charge in [0.1, 0.15) is 0 Å². The standard InChI is InChI=1S/C66H125NO5/c1-3-5-7-9-11-13-15-17-19-21-23-26-30-34-38-42-46-50-54-58-64(69)63(62-68)67-65(70)59-55-51-47-43-39-35-31-27-25-29-33-37-41-45-49-53-57-61-72-66(71)60-56-52-48-44-40-36-32-28-24-22-20-18-16-14-12-10-8-6-4-2/h18,20,25,29,37,41,63-64,68-69H,3-17,19,21-24,26-28,30-36,38-40,42-62H2,1-2H3,(H,67,70)/b20-18-,29-25-,41-37-. The number of amides is 1. The third kappa shape index (κ3) is 57.4. The highest BCUT2D eigenvalue weighted by molar-refractivity contribution is 5.76. The van der Waals surface area contributed by atoms with Crippen molar-refractivity contribution in [1.82, 2.24) is 5.32 Å². The number of nitrogens with one attached hydrogen (secondary N) is 1. The molecular formula is C66H125NO5. The van der Waals surface area contributed by atoms with Crippen LogP contribution in [0.25, 0.3) is 0 Å². The van der Waals surface area contributed by atoms with Crippen molar-refractivity contribution in [3.8, 4) is 0 Å². The zero-order valence-electron chi connectivity index (χ0n) is 48.4. The Morgan fingerprint density at radius 2 is 0.694 bits per heavy atom. The number of hydrogen-bond donors (Lipinski definition) is 3. The third-order valence-corrected chi connectivity index (χ3v) is 14.9. The summed E-state index contributed by atoms with van der Waals surface area (Å²) in [5, 5.41) is 23.3. The molecule has 2 atom stereocenters. The van der Waals surface area contributed by atoms with E-state index in [1.54, 1.807) is 0 Å². The zero-order chi connectivity index (χ0) is 52.2. The lowest BCUT2D eigenvalue weighted by molar-refractivity contribution is -0.143. The van der Waals surface area contributed by atoms with E-state index in [9.17, 15) is 19.8 Å². The number of rotatable bonds is 60. The fourth-order valence-electron chi connectivity index (χ4n) is 9.96. The fraction of sp³-hybridized carbons (Fsp3) is 0.879. The van der Waals surface area contributed by atoms with Gasteiger partial charge < -0.3 is 20.3 Å². The van der Waals surface area contributed by atoms with Gasteiger partial charge in [-0.15, -0.1) is 0 Å². The summed E-state index contributed by atoms with van der Waals surface area (Å²) in [6, 6.07) is -0.555. The van der Waals surface area contributed by atoms with Crippen LogP contribution >= 0.6 is 0 Å². The Balaban J connectivity index is 3.48. The van der Waals surface area contributed by atoms with E-state index in [1.807, 2.05) is 0 Å². The van der Waals surface area contributed by atoms with Gasteiger partial charge in [-0.1, -0.05) is 281 Å². The molecule has 0 heterocycles. The molecular weight excluding hydrogens is 887 g/mol. The number of carbonyl (C=O) groups is 2. The van der Waals surface area contributed by atoms with Gasteiger partial charge in [0.15, 0.2) is 0 Å². The second-order valence-electron chi connectivity index (χ2n) is 22.1. The van der Waals surface area contributed by atoms with Crippen molar-refractivity contribution < 1.29 is 24.5 Å². The summed E-state index contributed by atoms with van der Waals surface area (Å²) in [7, 11) is 0. The molecule has 0 aliphatic carbocycles. The maximum atomic E-state index is 12.5. The molecule has 6 heteroatoms. The lowest BCUT2D eigenvalue weighted by atomic mass is 10.0. The molecule has 3 N–H and O–H groups in total. The number of unbranched alkanes of at least 4 members (excludes halogenated alkanes) is 43. The van der Waals surface area contributed by atoms with E-state index in [-0.39, 0.29) is 18.5 Å². The Hall–Kier alpha value is -1.92. The molecule has 0 aromatic rings. The van der Waals surface area contributed by atoms with Crippen LogP contribution in [0.4, 0.5) is 0 Å². The predicted octanol–water partition coefficient (Wildman–Crippen LogP) is 20.4. The van der Waals surface area contributed by atoms with Crippen LogP contribution in [0.1, 0.15) is 348 Å². The van der Waals surface area contributed by atoms with Crippen LogP contribution < -0.4 is 5.32 Å². The number of esters is 1. The molecule has 0 aromatic heterocycles. The van der Waals surface area contributed by atoms with E-state index < -0.39 is 12.1 Å². The van der Waals surface area contributed by atoms with Crippen molar-refractivity contribution in [2.24, 2.45) is 0 Å². The third-order valence-electron chi connectivity index (χ3n) is 14.9. The molecule has 0 aliphatic rings. The monoisotopic (exact) mass is 1010 g/mol. The normalized spacial score (nSPS) is 12.8. The highest BCUT2D eigenvalue weighted by Gasteiger charge is 2.20. The average molecular weight is 1010 g/mol. The highest BCUT2D eigenvalue weighted by Crippen LogP contribution is 2.18. The van der Waals surface area contributed by atoms with Crippen molar-refractivity contribution in [2.75, 3.05) is 13.2 Å². The van der Waals surface area contributed by atoms with Crippen molar-refractivity contribution >= 4 is 11.9 Å². The van der Waals surface area contributed by atoms with E-state index in [2.05, 4.69) is 55.6 Å². The van der Waals surface area contributed by atoms with Crippen molar-refractivity contribution in [1.29, 1.82) is 0 Å². The molecule has 0 aromatic carbocycles. The minimum Gasteiger partial charge on any atom is -0.466 e. The van der Waals surface area contributed by atoms with Crippen molar-refractivity contribution in [3.63, 3.8) is 0 Å². The zero-order valence-corrected chi connectivity index (χ0v) is 48.4. The van der Waals surface area contributed by atoms with Gasteiger partial charge in [-0.05, 0) is 89.9 Å². The second-order valence-corrected chi connectivity index (χ2v) is 22.1. The summed E-state index contributed by atoms with van der Waals surface area (Å²) in [5.41, 5.74) is 0. The predicted molar refractivity (Wildman–Crippen MR) is 315 cm³/mol. The van der Waals surface area contributed by atoms with E-state index >= 15 is 0 Å². The Morgan fingerprint density at radius 3 is 1.07 bits per heavy atom. The smallest absolute Gasteiger partial charge is 0.305 e. The molecule has 0 saturated heterocycles. The Kier molecular flexibility index (Phi) is 60.0. The first-order valence-electron chi connectivity index (χ1n) is 32.2. The van der Waals surface area contributed by atoms with Crippen molar-refractivity contribution in [2.45, 2.75) is 360 Å². The first-order chi connectivity index (χ1) is 35.5. The largest absolute Gasteiger partial charge is 0.466 e. The van der Waals surface area contributed by atoms with Gasteiger partial charge in [0.05, 0.1) is 25.4 Å². The first kappa shape index (κ1) is 70.1. The molecule has 0 radical (unpaired) electrons. The van der Waals surface area contributed by atoms with Crippen LogP contribution in [0.2, 0.25) is 0 Å². The molecule has 6 nitrogen and oxygen atoms in total. The van der Waals surface area contributed by atoms with Gasteiger partial charge in [-0.2, -0.15) is 0 Å². The van der Waals surface area contributed by atoms with Gasteiger partial charge in [-0.25, -0.2) is 0 Å². The Bertz CT molecular complexity index is 1170. The highest BCUT2D eigenvalue weighted by atomic mass is 16.5. The molecule has 72 heavy (non-hydrogen) atoms. The van der Waals surface area contributed by atoms with Gasteiger partial charge in [-0.3, -0.25) is 9.59 Å². The van der Waals surface area contributed by atoms with Crippen LogP contribution in [0.5, 0.6) is 0 Å². The molecule has 0 spiro atoms. The molecule has 0 fully saturated rings. The molecule has 0 saturated carbocycles. The summed E-state index contributed by atoms with van der Waals surface area (Å²) >= 11 is 0.